The molecule has 0 aromatic carbocycles. The van der Waals surface area contributed by atoms with Crippen molar-refractivity contribution in [3.05, 3.63) is 0 Å². The van der Waals surface area contributed by atoms with Gasteiger partial charge in [0.05, 0.1) is 40.3 Å². The molecule has 0 aromatic rings. The Morgan fingerprint density at radius 3 is 1.77 bits per heavy atom. The third kappa shape index (κ3) is 19.2. The Morgan fingerprint density at radius 1 is 0.743 bits per heavy atom. The van der Waals surface area contributed by atoms with E-state index in [-0.39, 0.29) is 42.7 Å². The number of carboxylic acids is 1. The lowest BCUT2D eigenvalue weighted by Gasteiger charge is -2.34. The first kappa shape index (κ1) is 33.3. The Balaban J connectivity index is 4.57. The van der Waals surface area contributed by atoms with Gasteiger partial charge in [0.15, 0.2) is 6.10 Å². The van der Waals surface area contributed by atoms with Crippen molar-refractivity contribution in [2.75, 3.05) is 41.0 Å². The van der Waals surface area contributed by atoms with E-state index in [1.165, 1.54) is 19.3 Å². The molecule has 0 bridgehead atoms. The summed E-state index contributed by atoms with van der Waals surface area (Å²) in [7, 11) is 5.36. The standard InChI is InChI=1S/C27H51NO7/c1-6-8-10-12-14-16-18-26(30)35-23(22-34-25(29)17-15-13-11-9-7-2)21-33-20-19-24(27(31)32)28(3,4)5/h23-24H,6-22H2,1-5H3. The Morgan fingerprint density at radius 2 is 1.26 bits per heavy atom. The van der Waals surface area contributed by atoms with Gasteiger partial charge in [0, 0.05) is 19.3 Å². The van der Waals surface area contributed by atoms with Crippen LogP contribution < -0.4 is 5.11 Å². The molecule has 0 rings (SSSR count). The van der Waals surface area contributed by atoms with E-state index in [1.807, 2.05) is 0 Å². The van der Waals surface area contributed by atoms with Crippen LogP contribution in [0.1, 0.15) is 104 Å². The van der Waals surface area contributed by atoms with E-state index >= 15 is 0 Å². The topological polar surface area (TPSA) is 102 Å². The fourth-order valence-electron chi connectivity index (χ4n) is 3.77. The summed E-state index contributed by atoms with van der Waals surface area (Å²) in [6.45, 7) is 4.47. The van der Waals surface area contributed by atoms with Crippen molar-refractivity contribution in [2.24, 2.45) is 0 Å². The molecule has 0 spiro atoms. The third-order valence-electron chi connectivity index (χ3n) is 5.99. The van der Waals surface area contributed by atoms with Gasteiger partial charge in [-0.3, -0.25) is 9.59 Å². The van der Waals surface area contributed by atoms with Gasteiger partial charge in [-0.1, -0.05) is 71.6 Å². The van der Waals surface area contributed by atoms with E-state index < -0.39 is 18.1 Å². The summed E-state index contributed by atoms with van der Waals surface area (Å²) >= 11 is 0. The largest absolute Gasteiger partial charge is 0.544 e. The maximum atomic E-state index is 12.3. The van der Waals surface area contributed by atoms with Crippen LogP contribution in [0.25, 0.3) is 0 Å². The quantitative estimate of drug-likeness (QED) is 0.119. The normalized spacial score (nSPS) is 13.3. The molecular weight excluding hydrogens is 450 g/mol. The van der Waals surface area contributed by atoms with Crippen molar-refractivity contribution in [3.63, 3.8) is 0 Å². The van der Waals surface area contributed by atoms with Crippen LogP contribution in [-0.4, -0.2) is 75.5 Å². The van der Waals surface area contributed by atoms with Crippen LogP contribution >= 0.6 is 0 Å². The van der Waals surface area contributed by atoms with Crippen molar-refractivity contribution in [1.82, 2.24) is 0 Å². The van der Waals surface area contributed by atoms with Crippen LogP contribution in [0.15, 0.2) is 0 Å². The van der Waals surface area contributed by atoms with Crippen molar-refractivity contribution in [3.8, 4) is 0 Å². The van der Waals surface area contributed by atoms with Gasteiger partial charge in [-0.25, -0.2) is 0 Å². The average Bonchev–Trinajstić information content (AvgIpc) is 2.78. The molecule has 0 aliphatic heterocycles. The molecule has 0 N–H and O–H groups in total. The minimum Gasteiger partial charge on any atom is -0.544 e. The van der Waals surface area contributed by atoms with Crippen LogP contribution in [0, 0.1) is 0 Å². The molecule has 8 nitrogen and oxygen atoms in total. The van der Waals surface area contributed by atoms with Crippen molar-refractivity contribution in [1.29, 1.82) is 0 Å². The summed E-state index contributed by atoms with van der Waals surface area (Å²) in [5.41, 5.74) is 0. The fourth-order valence-corrected chi connectivity index (χ4v) is 3.77. The number of carbonyl (C=O) groups excluding carboxylic acids is 3. The van der Waals surface area contributed by atoms with E-state index in [4.69, 9.17) is 14.2 Å². The molecule has 0 aromatic heterocycles. The zero-order valence-corrected chi connectivity index (χ0v) is 23.0. The highest BCUT2D eigenvalue weighted by atomic mass is 16.6. The summed E-state index contributed by atoms with van der Waals surface area (Å²) in [5, 5.41) is 11.4. The van der Waals surface area contributed by atoms with Gasteiger partial charge in [-0.15, -0.1) is 0 Å². The van der Waals surface area contributed by atoms with Crippen molar-refractivity contribution in [2.45, 2.75) is 116 Å². The molecule has 0 fully saturated rings. The third-order valence-corrected chi connectivity index (χ3v) is 5.99. The summed E-state index contributed by atoms with van der Waals surface area (Å²) in [4.78, 5) is 35.8. The van der Waals surface area contributed by atoms with Gasteiger partial charge < -0.3 is 28.6 Å². The van der Waals surface area contributed by atoms with Gasteiger partial charge in [0.1, 0.15) is 12.6 Å². The number of carboxylic acid groups (broad SMARTS) is 1. The smallest absolute Gasteiger partial charge is 0.306 e. The van der Waals surface area contributed by atoms with E-state index in [1.54, 1.807) is 21.1 Å². The zero-order chi connectivity index (χ0) is 26.5. The molecule has 0 saturated carbocycles. The number of hydrogen-bond acceptors (Lipinski definition) is 7. The Bertz CT molecular complexity index is 574. The first-order valence-corrected chi connectivity index (χ1v) is 13.6. The number of esters is 2. The molecule has 2 atom stereocenters. The van der Waals surface area contributed by atoms with Crippen LogP contribution in [0.5, 0.6) is 0 Å². The number of rotatable bonds is 23. The van der Waals surface area contributed by atoms with Gasteiger partial charge >= 0.3 is 11.9 Å². The van der Waals surface area contributed by atoms with Crippen LogP contribution in [-0.2, 0) is 28.6 Å². The van der Waals surface area contributed by atoms with Gasteiger partial charge in [0.2, 0.25) is 0 Å². The predicted octanol–water partition coefficient (Wildman–Crippen LogP) is 3.78. The second kappa shape index (κ2) is 20.5. The molecule has 0 radical (unpaired) electrons. The lowest BCUT2D eigenvalue weighted by Crippen LogP contribution is -2.55. The number of hydrogen-bond donors (Lipinski definition) is 0. The molecule has 2 unspecified atom stereocenters. The Hall–Kier alpha value is -1.67. The number of unbranched alkanes of at least 4 members (excludes halogenated alkanes) is 9. The molecule has 0 amide bonds. The number of ether oxygens (including phenoxy) is 3. The first-order chi connectivity index (χ1) is 16.6. The number of quaternary nitrogens is 1. The van der Waals surface area contributed by atoms with Gasteiger partial charge in [0.25, 0.3) is 0 Å². The van der Waals surface area contributed by atoms with Crippen molar-refractivity contribution >= 4 is 17.9 Å². The van der Waals surface area contributed by atoms with E-state index in [0.717, 1.165) is 51.4 Å². The molecule has 0 aliphatic rings. The molecule has 0 saturated heterocycles. The second-order valence-electron chi connectivity index (χ2n) is 10.3. The molecule has 0 heterocycles. The van der Waals surface area contributed by atoms with E-state index in [9.17, 15) is 19.5 Å². The van der Waals surface area contributed by atoms with Crippen LogP contribution in [0.3, 0.4) is 0 Å². The molecule has 35 heavy (non-hydrogen) atoms. The minimum atomic E-state index is -1.13. The number of aliphatic carboxylic acids is 1. The van der Waals surface area contributed by atoms with Gasteiger partial charge in [-0.2, -0.15) is 0 Å². The minimum absolute atomic E-state index is 0.0446. The lowest BCUT2D eigenvalue weighted by atomic mass is 10.1. The lowest BCUT2D eigenvalue weighted by molar-refractivity contribution is -0.889. The van der Waals surface area contributed by atoms with Crippen molar-refractivity contribution < 1.29 is 38.2 Å². The van der Waals surface area contributed by atoms with E-state index in [0.29, 0.717) is 12.8 Å². The molecule has 206 valence electrons. The summed E-state index contributed by atoms with van der Waals surface area (Å²) in [6.07, 6.45) is 11.8. The molecule has 8 heteroatoms. The highest BCUT2D eigenvalue weighted by Gasteiger charge is 2.25. The number of carbonyl (C=O) groups is 3. The molecular formula is C27H51NO7. The molecule has 0 aliphatic carbocycles. The second-order valence-corrected chi connectivity index (χ2v) is 10.3. The number of nitrogens with zero attached hydrogens (tertiary/aromatic N) is 1. The highest BCUT2D eigenvalue weighted by Crippen LogP contribution is 2.11. The Labute approximate surface area is 213 Å². The predicted molar refractivity (Wildman–Crippen MR) is 134 cm³/mol. The van der Waals surface area contributed by atoms with Crippen LogP contribution in [0.2, 0.25) is 0 Å². The van der Waals surface area contributed by atoms with Crippen LogP contribution in [0.4, 0.5) is 0 Å². The Kier molecular flexibility index (Phi) is 19.5. The zero-order valence-electron chi connectivity index (χ0n) is 23.0. The summed E-state index contributed by atoms with van der Waals surface area (Å²) in [6, 6.07) is -0.714. The fraction of sp³-hybridized carbons (Fsp3) is 0.889. The number of likely N-dealkylation sites (N-methyl/N-ethyl adjacent to an activating group) is 1. The van der Waals surface area contributed by atoms with E-state index in [2.05, 4.69) is 13.8 Å². The maximum Gasteiger partial charge on any atom is 0.306 e. The van der Waals surface area contributed by atoms with Gasteiger partial charge in [-0.05, 0) is 12.8 Å². The average molecular weight is 502 g/mol. The summed E-state index contributed by atoms with van der Waals surface area (Å²) in [5.74, 6) is -1.76. The SMILES string of the molecule is CCCCCCCCC(=O)OC(COCCC(C(=O)[O-])[N+](C)(C)C)COC(=O)CCCCCCC. The summed E-state index contributed by atoms with van der Waals surface area (Å²) < 4.78 is 16.7. The first-order valence-electron chi connectivity index (χ1n) is 13.6. The monoisotopic (exact) mass is 501 g/mol. The maximum absolute atomic E-state index is 12.3. The highest BCUT2D eigenvalue weighted by molar-refractivity contribution is 5.70.